The van der Waals surface area contributed by atoms with Crippen LogP contribution in [0.3, 0.4) is 0 Å². The van der Waals surface area contributed by atoms with Gasteiger partial charge in [0, 0.05) is 40.5 Å². The van der Waals surface area contributed by atoms with Crippen molar-refractivity contribution in [3.63, 3.8) is 0 Å². The van der Waals surface area contributed by atoms with E-state index in [1.54, 1.807) is 0 Å². The Kier molecular flexibility index (Phi) is 4.60. The highest BCUT2D eigenvalue weighted by atomic mass is 16.3. The number of H-pyrrole nitrogens is 1. The molecule has 1 amide bonds. The van der Waals surface area contributed by atoms with Gasteiger partial charge in [0.1, 0.15) is 5.58 Å². The Labute approximate surface area is 174 Å². The van der Waals surface area contributed by atoms with Crippen LogP contribution in [0.2, 0.25) is 0 Å². The minimum Gasteiger partial charge on any atom is -0.451 e. The Morgan fingerprint density at radius 2 is 1.63 bits per heavy atom. The topological polar surface area (TPSA) is 58.0 Å². The summed E-state index contributed by atoms with van der Waals surface area (Å²) in [7, 11) is 0. The van der Waals surface area contributed by atoms with Gasteiger partial charge in [-0.25, -0.2) is 0 Å². The molecule has 0 aliphatic carbocycles. The van der Waals surface area contributed by atoms with Gasteiger partial charge < -0.3 is 14.7 Å². The van der Waals surface area contributed by atoms with Gasteiger partial charge in [-0.1, -0.05) is 66.7 Å². The third-order valence-corrected chi connectivity index (χ3v) is 5.72. The molecule has 0 bridgehead atoms. The summed E-state index contributed by atoms with van der Waals surface area (Å²) in [5.74, 6) is 0.211. The van der Waals surface area contributed by atoms with Crippen molar-refractivity contribution in [2.75, 3.05) is 6.54 Å². The number of carbonyl (C=O) groups is 1. The van der Waals surface area contributed by atoms with Crippen LogP contribution in [0.15, 0.2) is 89.5 Å². The number of aromatic nitrogens is 1. The molecule has 2 aromatic heterocycles. The number of rotatable bonds is 5. The van der Waals surface area contributed by atoms with Gasteiger partial charge in [0.25, 0.3) is 5.91 Å². The van der Waals surface area contributed by atoms with E-state index in [-0.39, 0.29) is 11.8 Å². The second-order valence-electron chi connectivity index (χ2n) is 7.52. The molecule has 0 saturated carbocycles. The molecule has 3 aromatic carbocycles. The lowest BCUT2D eigenvalue weighted by molar-refractivity contribution is 0.0926. The summed E-state index contributed by atoms with van der Waals surface area (Å²) in [5.41, 5.74) is 5.01. The number of amides is 1. The molecule has 148 valence electrons. The molecule has 0 saturated heterocycles. The van der Waals surface area contributed by atoms with Crippen LogP contribution in [0, 0.1) is 6.92 Å². The van der Waals surface area contributed by atoms with Crippen molar-refractivity contribution in [1.82, 2.24) is 10.3 Å². The summed E-state index contributed by atoms with van der Waals surface area (Å²) in [6.45, 7) is 2.40. The van der Waals surface area contributed by atoms with Crippen LogP contribution in [0.5, 0.6) is 0 Å². The summed E-state index contributed by atoms with van der Waals surface area (Å²) in [6.07, 6.45) is 2.04. The fourth-order valence-electron chi connectivity index (χ4n) is 4.14. The molecule has 5 rings (SSSR count). The Morgan fingerprint density at radius 3 is 2.43 bits per heavy atom. The van der Waals surface area contributed by atoms with Gasteiger partial charge in [0.2, 0.25) is 0 Å². The first-order valence-electron chi connectivity index (χ1n) is 10.1. The highest BCUT2D eigenvalue weighted by molar-refractivity contribution is 5.99. The molecule has 0 aliphatic rings. The van der Waals surface area contributed by atoms with Gasteiger partial charge >= 0.3 is 0 Å². The standard InChI is InChI=1S/C26H22N2O2/c1-17-19-11-6-8-14-24(19)30-25(17)26(29)28-15-21(18-9-3-2-4-10-18)22-16-27-23-13-7-5-12-20(22)23/h2-14,16,21,27H,15H2,1H3,(H,28,29). The first kappa shape index (κ1) is 18.3. The fourth-order valence-corrected chi connectivity index (χ4v) is 4.14. The highest BCUT2D eigenvalue weighted by Gasteiger charge is 2.22. The van der Waals surface area contributed by atoms with Crippen LogP contribution >= 0.6 is 0 Å². The molecule has 1 unspecified atom stereocenters. The number of benzene rings is 3. The number of para-hydroxylation sites is 2. The number of hydrogen-bond acceptors (Lipinski definition) is 2. The second-order valence-corrected chi connectivity index (χ2v) is 7.52. The van der Waals surface area contributed by atoms with Gasteiger partial charge in [-0.05, 0) is 30.2 Å². The number of aromatic amines is 1. The Bertz CT molecular complexity index is 1330. The molecule has 4 nitrogen and oxygen atoms in total. The zero-order valence-electron chi connectivity index (χ0n) is 16.7. The second kappa shape index (κ2) is 7.56. The number of nitrogens with one attached hydrogen (secondary N) is 2. The molecular weight excluding hydrogens is 372 g/mol. The van der Waals surface area contributed by atoms with Crippen molar-refractivity contribution in [1.29, 1.82) is 0 Å². The average molecular weight is 394 g/mol. The Morgan fingerprint density at radius 1 is 0.933 bits per heavy atom. The van der Waals surface area contributed by atoms with Crippen molar-refractivity contribution in [3.05, 3.63) is 108 Å². The average Bonchev–Trinajstić information content (AvgIpc) is 3.36. The van der Waals surface area contributed by atoms with Crippen LogP contribution < -0.4 is 5.32 Å². The van der Waals surface area contributed by atoms with E-state index in [2.05, 4.69) is 34.6 Å². The first-order valence-corrected chi connectivity index (χ1v) is 10.1. The molecule has 0 spiro atoms. The van der Waals surface area contributed by atoms with Crippen molar-refractivity contribution in [2.45, 2.75) is 12.8 Å². The Balaban J connectivity index is 1.47. The number of aryl methyl sites for hydroxylation is 1. The molecular formula is C26H22N2O2. The predicted molar refractivity (Wildman–Crippen MR) is 120 cm³/mol. The first-order chi connectivity index (χ1) is 14.7. The minimum absolute atomic E-state index is 0.0241. The smallest absolute Gasteiger partial charge is 0.287 e. The van der Waals surface area contributed by atoms with Gasteiger partial charge in [0.15, 0.2) is 5.76 Å². The van der Waals surface area contributed by atoms with Crippen molar-refractivity contribution in [2.24, 2.45) is 0 Å². The normalized spacial score (nSPS) is 12.3. The Hall–Kier alpha value is -3.79. The van der Waals surface area contributed by atoms with Crippen LogP contribution in [0.4, 0.5) is 0 Å². The molecule has 2 heterocycles. The molecule has 5 aromatic rings. The molecule has 0 fully saturated rings. The van der Waals surface area contributed by atoms with E-state index >= 15 is 0 Å². The zero-order chi connectivity index (χ0) is 20.5. The third kappa shape index (κ3) is 3.16. The maximum absolute atomic E-state index is 13.0. The molecule has 30 heavy (non-hydrogen) atoms. The maximum atomic E-state index is 13.0. The summed E-state index contributed by atoms with van der Waals surface area (Å²) >= 11 is 0. The summed E-state index contributed by atoms with van der Waals surface area (Å²) in [6, 6.07) is 26.2. The van der Waals surface area contributed by atoms with E-state index in [0.29, 0.717) is 12.3 Å². The van der Waals surface area contributed by atoms with E-state index in [9.17, 15) is 4.79 Å². The van der Waals surface area contributed by atoms with E-state index in [1.807, 2.05) is 67.7 Å². The fraction of sp³-hybridized carbons (Fsp3) is 0.115. The summed E-state index contributed by atoms with van der Waals surface area (Å²) < 4.78 is 5.84. The molecule has 0 aliphatic heterocycles. The zero-order valence-corrected chi connectivity index (χ0v) is 16.7. The van der Waals surface area contributed by atoms with E-state index in [1.165, 1.54) is 10.9 Å². The molecule has 0 radical (unpaired) electrons. The lowest BCUT2D eigenvalue weighted by Gasteiger charge is -2.18. The number of carbonyl (C=O) groups excluding carboxylic acids is 1. The largest absolute Gasteiger partial charge is 0.451 e. The van der Waals surface area contributed by atoms with Crippen LogP contribution in [-0.4, -0.2) is 17.4 Å². The van der Waals surface area contributed by atoms with Crippen LogP contribution in [0.1, 0.15) is 33.2 Å². The van der Waals surface area contributed by atoms with Crippen LogP contribution in [-0.2, 0) is 0 Å². The van der Waals surface area contributed by atoms with E-state index in [4.69, 9.17) is 4.42 Å². The number of hydrogen-bond donors (Lipinski definition) is 2. The van der Waals surface area contributed by atoms with Crippen molar-refractivity contribution in [3.8, 4) is 0 Å². The minimum atomic E-state index is -0.190. The molecule has 4 heteroatoms. The van der Waals surface area contributed by atoms with Gasteiger partial charge in [-0.2, -0.15) is 0 Å². The highest BCUT2D eigenvalue weighted by Crippen LogP contribution is 2.31. The van der Waals surface area contributed by atoms with Gasteiger partial charge in [0.05, 0.1) is 0 Å². The predicted octanol–water partition coefficient (Wildman–Crippen LogP) is 5.78. The molecule has 1 atom stereocenters. The van der Waals surface area contributed by atoms with Gasteiger partial charge in [-0.3, -0.25) is 4.79 Å². The lowest BCUT2D eigenvalue weighted by atomic mass is 9.91. The van der Waals surface area contributed by atoms with Crippen molar-refractivity contribution >= 4 is 27.8 Å². The van der Waals surface area contributed by atoms with E-state index in [0.717, 1.165) is 27.6 Å². The van der Waals surface area contributed by atoms with E-state index < -0.39 is 0 Å². The quantitative estimate of drug-likeness (QED) is 0.397. The monoisotopic (exact) mass is 394 g/mol. The summed E-state index contributed by atoms with van der Waals surface area (Å²) in [5, 5.41) is 5.24. The number of furan rings is 1. The lowest BCUT2D eigenvalue weighted by Crippen LogP contribution is -2.29. The third-order valence-electron chi connectivity index (χ3n) is 5.72. The van der Waals surface area contributed by atoms with Crippen LogP contribution in [0.25, 0.3) is 21.9 Å². The number of fused-ring (bicyclic) bond motifs is 2. The molecule has 2 N–H and O–H groups in total. The SMILES string of the molecule is Cc1c(C(=O)NCC(c2ccccc2)c2c[nH]c3ccccc23)oc2ccccc12. The maximum Gasteiger partial charge on any atom is 0.287 e. The van der Waals surface area contributed by atoms with Gasteiger partial charge in [-0.15, -0.1) is 0 Å². The van der Waals surface area contributed by atoms with Crippen molar-refractivity contribution < 1.29 is 9.21 Å². The summed E-state index contributed by atoms with van der Waals surface area (Å²) in [4.78, 5) is 16.3.